The van der Waals surface area contributed by atoms with E-state index in [0.29, 0.717) is 12.4 Å². The van der Waals surface area contributed by atoms with Crippen LogP contribution in [0.3, 0.4) is 0 Å². The molecule has 0 atom stereocenters. The predicted molar refractivity (Wildman–Crippen MR) is 83.2 cm³/mol. The molecular formula is C14H27N5O. The molecule has 1 aromatic heterocycles. The Morgan fingerprint density at radius 1 is 1.10 bits per heavy atom. The Morgan fingerprint density at radius 2 is 1.75 bits per heavy atom. The maximum absolute atomic E-state index is 5.10. The minimum absolute atomic E-state index is 0.421. The van der Waals surface area contributed by atoms with Crippen molar-refractivity contribution in [3.05, 3.63) is 11.9 Å². The molecule has 20 heavy (non-hydrogen) atoms. The van der Waals surface area contributed by atoms with E-state index >= 15 is 0 Å². The van der Waals surface area contributed by atoms with Crippen LogP contribution < -0.4 is 10.6 Å². The number of aromatic nitrogens is 2. The van der Waals surface area contributed by atoms with E-state index in [0.717, 1.165) is 44.4 Å². The predicted octanol–water partition coefficient (Wildman–Crippen LogP) is 1.81. The molecule has 0 aliphatic heterocycles. The van der Waals surface area contributed by atoms with Crippen molar-refractivity contribution in [2.45, 2.75) is 27.4 Å². The molecule has 0 aromatic carbocycles. The first-order valence-electron chi connectivity index (χ1n) is 7.30. The van der Waals surface area contributed by atoms with Crippen LogP contribution in [0.1, 0.15) is 26.6 Å². The summed E-state index contributed by atoms with van der Waals surface area (Å²) in [4.78, 5) is 11.2. The van der Waals surface area contributed by atoms with Crippen molar-refractivity contribution in [2.24, 2.45) is 0 Å². The quantitative estimate of drug-likeness (QED) is 0.682. The molecule has 0 bridgehead atoms. The summed E-state index contributed by atoms with van der Waals surface area (Å²) < 4.78 is 5.10. The van der Waals surface area contributed by atoms with Crippen LogP contribution in [0.5, 0.6) is 0 Å². The molecule has 1 aromatic rings. The van der Waals surface area contributed by atoms with Gasteiger partial charge in [-0.2, -0.15) is 0 Å². The number of rotatable bonds is 10. The van der Waals surface area contributed by atoms with Gasteiger partial charge in [0, 0.05) is 32.8 Å². The van der Waals surface area contributed by atoms with Crippen LogP contribution in [0.25, 0.3) is 0 Å². The van der Waals surface area contributed by atoms with Gasteiger partial charge >= 0.3 is 0 Å². The van der Waals surface area contributed by atoms with E-state index in [4.69, 9.17) is 4.74 Å². The number of likely N-dealkylation sites (N-methyl/N-ethyl adjacent to an activating group) is 1. The summed E-state index contributed by atoms with van der Waals surface area (Å²) in [5, 5.41) is 6.56. The van der Waals surface area contributed by atoms with E-state index in [1.165, 1.54) is 0 Å². The Kier molecular flexibility index (Phi) is 7.91. The first kappa shape index (κ1) is 16.7. The minimum Gasteiger partial charge on any atom is -0.377 e. The fraction of sp³-hybridized carbons (Fsp3) is 0.714. The number of hydrogen-bond donors (Lipinski definition) is 2. The molecule has 0 fully saturated rings. The van der Waals surface area contributed by atoms with E-state index in [1.807, 2.05) is 13.0 Å². The van der Waals surface area contributed by atoms with E-state index in [1.54, 1.807) is 7.11 Å². The van der Waals surface area contributed by atoms with Crippen LogP contribution in [0, 0.1) is 0 Å². The van der Waals surface area contributed by atoms with Gasteiger partial charge in [0.15, 0.2) is 5.82 Å². The van der Waals surface area contributed by atoms with Gasteiger partial charge in [0.2, 0.25) is 0 Å². The molecule has 0 amide bonds. The highest BCUT2D eigenvalue weighted by Crippen LogP contribution is 2.11. The maximum atomic E-state index is 5.10. The summed E-state index contributed by atoms with van der Waals surface area (Å²) in [6.45, 7) is 11.7. The third-order valence-corrected chi connectivity index (χ3v) is 3.03. The normalized spacial score (nSPS) is 10.8. The zero-order valence-electron chi connectivity index (χ0n) is 13.1. The molecule has 6 nitrogen and oxygen atoms in total. The van der Waals surface area contributed by atoms with Crippen molar-refractivity contribution >= 4 is 11.6 Å². The number of methoxy groups -OCH3 is 1. The van der Waals surface area contributed by atoms with Gasteiger partial charge in [0.05, 0.1) is 0 Å². The van der Waals surface area contributed by atoms with Gasteiger partial charge in [-0.25, -0.2) is 9.97 Å². The minimum atomic E-state index is 0.421. The van der Waals surface area contributed by atoms with Crippen LogP contribution in [0.15, 0.2) is 6.07 Å². The maximum Gasteiger partial charge on any atom is 0.158 e. The largest absolute Gasteiger partial charge is 0.377 e. The van der Waals surface area contributed by atoms with Crippen molar-refractivity contribution in [3.63, 3.8) is 0 Å². The standard InChI is InChI=1S/C14H27N5O/c1-5-15-12-10-13(18-14(17-12)11-20-4)16-8-9-19(6-2)7-3/h10H,5-9,11H2,1-4H3,(H2,15,16,17,18). The highest BCUT2D eigenvalue weighted by molar-refractivity contribution is 5.47. The van der Waals surface area contributed by atoms with Gasteiger partial charge in [-0.1, -0.05) is 13.8 Å². The fourth-order valence-electron chi connectivity index (χ4n) is 1.93. The van der Waals surface area contributed by atoms with Gasteiger partial charge in [-0.05, 0) is 20.0 Å². The van der Waals surface area contributed by atoms with Crippen molar-refractivity contribution in [3.8, 4) is 0 Å². The third kappa shape index (κ3) is 5.71. The molecule has 0 radical (unpaired) electrons. The van der Waals surface area contributed by atoms with Crippen molar-refractivity contribution < 1.29 is 4.74 Å². The zero-order chi connectivity index (χ0) is 14.8. The molecule has 0 saturated carbocycles. The highest BCUT2D eigenvalue weighted by Gasteiger charge is 2.05. The second kappa shape index (κ2) is 9.50. The number of nitrogens with zero attached hydrogens (tertiary/aromatic N) is 3. The lowest BCUT2D eigenvalue weighted by Crippen LogP contribution is -2.28. The summed E-state index contributed by atoms with van der Waals surface area (Å²) in [5.41, 5.74) is 0. The summed E-state index contributed by atoms with van der Waals surface area (Å²) in [7, 11) is 1.65. The van der Waals surface area contributed by atoms with Gasteiger partial charge in [-0.3, -0.25) is 0 Å². The summed E-state index contributed by atoms with van der Waals surface area (Å²) in [6.07, 6.45) is 0. The zero-order valence-corrected chi connectivity index (χ0v) is 13.1. The molecule has 0 spiro atoms. The molecular weight excluding hydrogens is 254 g/mol. The molecule has 0 unspecified atom stereocenters. The smallest absolute Gasteiger partial charge is 0.158 e. The molecule has 0 saturated heterocycles. The Labute approximate surface area is 121 Å². The summed E-state index contributed by atoms with van der Waals surface area (Å²) in [5.74, 6) is 2.37. The van der Waals surface area contributed by atoms with E-state index < -0.39 is 0 Å². The SMILES string of the molecule is CCNc1cc(NCCN(CC)CC)nc(COC)n1. The molecule has 2 N–H and O–H groups in total. The van der Waals surface area contributed by atoms with E-state index in [9.17, 15) is 0 Å². The van der Waals surface area contributed by atoms with Gasteiger partial charge in [0.25, 0.3) is 0 Å². The Hall–Kier alpha value is -1.40. The Bertz CT molecular complexity index is 358. The van der Waals surface area contributed by atoms with Crippen LogP contribution in [-0.4, -0.2) is 54.7 Å². The molecule has 1 heterocycles. The van der Waals surface area contributed by atoms with Crippen LogP contribution in [0.4, 0.5) is 11.6 Å². The lowest BCUT2D eigenvalue weighted by Gasteiger charge is -2.18. The van der Waals surface area contributed by atoms with Gasteiger partial charge in [0.1, 0.15) is 18.2 Å². The fourth-order valence-corrected chi connectivity index (χ4v) is 1.93. The first-order chi connectivity index (χ1) is 9.73. The van der Waals surface area contributed by atoms with E-state index in [-0.39, 0.29) is 0 Å². The lowest BCUT2D eigenvalue weighted by atomic mass is 10.4. The second-order valence-electron chi connectivity index (χ2n) is 4.47. The summed E-state index contributed by atoms with van der Waals surface area (Å²) in [6, 6.07) is 1.94. The van der Waals surface area contributed by atoms with Crippen molar-refractivity contribution in [2.75, 3.05) is 50.5 Å². The Balaban J connectivity index is 2.62. The van der Waals surface area contributed by atoms with Crippen LogP contribution in [0.2, 0.25) is 0 Å². The van der Waals surface area contributed by atoms with Gasteiger partial charge in [-0.15, -0.1) is 0 Å². The number of nitrogens with one attached hydrogen (secondary N) is 2. The second-order valence-corrected chi connectivity index (χ2v) is 4.47. The van der Waals surface area contributed by atoms with Crippen LogP contribution >= 0.6 is 0 Å². The number of ether oxygens (including phenoxy) is 1. The summed E-state index contributed by atoms with van der Waals surface area (Å²) >= 11 is 0. The third-order valence-electron chi connectivity index (χ3n) is 3.03. The van der Waals surface area contributed by atoms with Crippen molar-refractivity contribution in [1.82, 2.24) is 14.9 Å². The van der Waals surface area contributed by atoms with E-state index in [2.05, 4.69) is 39.3 Å². The van der Waals surface area contributed by atoms with Gasteiger partial charge < -0.3 is 20.3 Å². The lowest BCUT2D eigenvalue weighted by molar-refractivity contribution is 0.178. The van der Waals surface area contributed by atoms with Crippen molar-refractivity contribution in [1.29, 1.82) is 0 Å². The number of anilines is 2. The Morgan fingerprint density at radius 3 is 2.30 bits per heavy atom. The average molecular weight is 281 g/mol. The molecule has 114 valence electrons. The average Bonchev–Trinajstić information content (AvgIpc) is 2.44. The number of hydrogen-bond acceptors (Lipinski definition) is 6. The molecule has 1 rings (SSSR count). The first-order valence-corrected chi connectivity index (χ1v) is 7.30. The van der Waals surface area contributed by atoms with Crippen LogP contribution in [-0.2, 0) is 11.3 Å². The highest BCUT2D eigenvalue weighted by atomic mass is 16.5. The monoisotopic (exact) mass is 281 g/mol. The molecule has 6 heteroatoms. The topological polar surface area (TPSA) is 62.3 Å². The molecule has 0 aliphatic carbocycles. The molecule has 0 aliphatic rings.